The lowest BCUT2D eigenvalue weighted by atomic mass is 10.0. The number of aryl methyl sites for hydroxylation is 2. The molecule has 0 aliphatic heterocycles. The monoisotopic (exact) mass is 431 g/mol. The number of halogens is 1. The number of hydrogen-bond donors (Lipinski definition) is 4. The average Bonchev–Trinajstić information content (AvgIpc) is 2.69. The first-order chi connectivity index (χ1) is 14.3. The molecule has 0 aliphatic rings. The van der Waals surface area contributed by atoms with Gasteiger partial charge in [0.1, 0.15) is 0 Å². The van der Waals surface area contributed by atoms with Crippen LogP contribution in [0.4, 0.5) is 5.69 Å². The lowest BCUT2D eigenvalue weighted by Gasteiger charge is -2.20. The third kappa shape index (κ3) is 7.73. The molecule has 3 atom stereocenters. The zero-order valence-corrected chi connectivity index (χ0v) is 19.1. The lowest BCUT2D eigenvalue weighted by molar-refractivity contribution is -0.115. The minimum absolute atomic E-state index is 0.0385. The first-order valence-corrected chi connectivity index (χ1v) is 10.9. The van der Waals surface area contributed by atoms with E-state index in [2.05, 4.69) is 29.8 Å². The number of carbonyl (C=O) groups excluding carboxylic acids is 1. The normalized spacial score (nSPS) is 14.2. The number of aliphatic hydroxyl groups excluding tert-OH is 1. The number of hydrogen-bond acceptors (Lipinski definition) is 4. The third-order valence-electron chi connectivity index (χ3n) is 5.27. The van der Waals surface area contributed by atoms with Gasteiger partial charge in [0.2, 0.25) is 5.91 Å². The molecule has 5 nitrogen and oxygen atoms in total. The summed E-state index contributed by atoms with van der Waals surface area (Å²) in [5, 5.41) is 20.7. The van der Waals surface area contributed by atoms with E-state index in [1.165, 1.54) is 0 Å². The van der Waals surface area contributed by atoms with Crippen LogP contribution in [0.1, 0.15) is 49.5 Å². The SMILES string of the molecule is Cc1cccc(C)c1NC(=O)CNC(C)CCNC(C)CC(O)c1ccccc1Cl. The number of benzene rings is 2. The first-order valence-electron chi connectivity index (χ1n) is 10.5. The Balaban J connectivity index is 1.66. The van der Waals surface area contributed by atoms with Crippen molar-refractivity contribution in [2.45, 2.75) is 58.7 Å². The second-order valence-corrected chi connectivity index (χ2v) is 8.42. The Morgan fingerprint density at radius 1 is 1.00 bits per heavy atom. The maximum Gasteiger partial charge on any atom is 0.238 e. The van der Waals surface area contributed by atoms with Crippen molar-refractivity contribution in [3.05, 3.63) is 64.2 Å². The smallest absolute Gasteiger partial charge is 0.238 e. The molecule has 0 bridgehead atoms. The van der Waals surface area contributed by atoms with Crippen LogP contribution < -0.4 is 16.0 Å². The van der Waals surface area contributed by atoms with E-state index in [1.54, 1.807) is 6.07 Å². The van der Waals surface area contributed by atoms with E-state index < -0.39 is 6.10 Å². The van der Waals surface area contributed by atoms with Gasteiger partial charge in [-0.15, -0.1) is 0 Å². The maximum absolute atomic E-state index is 12.3. The summed E-state index contributed by atoms with van der Waals surface area (Å²) in [7, 11) is 0. The summed E-state index contributed by atoms with van der Waals surface area (Å²) in [6.07, 6.45) is 0.873. The van der Waals surface area contributed by atoms with Gasteiger partial charge < -0.3 is 21.1 Å². The zero-order valence-electron chi connectivity index (χ0n) is 18.3. The van der Waals surface area contributed by atoms with E-state index in [4.69, 9.17) is 11.6 Å². The van der Waals surface area contributed by atoms with Crippen LogP contribution in [0.3, 0.4) is 0 Å². The molecule has 164 valence electrons. The topological polar surface area (TPSA) is 73.4 Å². The van der Waals surface area contributed by atoms with Gasteiger partial charge in [0.15, 0.2) is 0 Å². The number of nitrogens with one attached hydrogen (secondary N) is 3. The summed E-state index contributed by atoms with van der Waals surface area (Å²) < 4.78 is 0. The van der Waals surface area contributed by atoms with Gasteiger partial charge in [-0.05, 0) is 69.8 Å². The number of amides is 1. The van der Waals surface area contributed by atoms with Crippen molar-refractivity contribution in [1.29, 1.82) is 0 Å². The van der Waals surface area contributed by atoms with E-state index in [-0.39, 0.29) is 24.5 Å². The van der Waals surface area contributed by atoms with E-state index in [0.29, 0.717) is 11.4 Å². The molecule has 2 rings (SSSR count). The molecule has 0 saturated heterocycles. The summed E-state index contributed by atoms with van der Waals surface area (Å²) in [5.74, 6) is -0.0385. The molecular weight excluding hydrogens is 398 g/mol. The predicted molar refractivity (Wildman–Crippen MR) is 125 cm³/mol. The molecule has 6 heteroatoms. The highest BCUT2D eigenvalue weighted by Gasteiger charge is 2.15. The molecule has 2 aromatic carbocycles. The van der Waals surface area contributed by atoms with Crippen molar-refractivity contribution in [2.24, 2.45) is 0 Å². The number of carbonyl (C=O) groups is 1. The van der Waals surface area contributed by atoms with E-state index >= 15 is 0 Å². The number of aliphatic hydroxyl groups is 1. The number of rotatable bonds is 11. The Hall–Kier alpha value is -1.92. The van der Waals surface area contributed by atoms with Gasteiger partial charge in [0, 0.05) is 22.8 Å². The molecule has 1 amide bonds. The van der Waals surface area contributed by atoms with Crippen molar-refractivity contribution in [2.75, 3.05) is 18.4 Å². The van der Waals surface area contributed by atoms with Gasteiger partial charge in [0.05, 0.1) is 12.6 Å². The van der Waals surface area contributed by atoms with Crippen LogP contribution in [0.15, 0.2) is 42.5 Å². The highest BCUT2D eigenvalue weighted by molar-refractivity contribution is 6.31. The van der Waals surface area contributed by atoms with Crippen molar-refractivity contribution >= 4 is 23.2 Å². The standard InChI is InChI=1S/C24H34ClN3O2/c1-16-8-7-9-17(2)24(16)28-23(30)15-27-18(3)12-13-26-19(4)14-22(29)20-10-5-6-11-21(20)25/h5-11,18-19,22,26-27,29H,12-15H2,1-4H3,(H,28,30). The van der Waals surface area contributed by atoms with Crippen LogP contribution in [-0.4, -0.2) is 36.2 Å². The van der Waals surface area contributed by atoms with Crippen LogP contribution in [0.5, 0.6) is 0 Å². The molecule has 0 spiro atoms. The highest BCUT2D eigenvalue weighted by Crippen LogP contribution is 2.25. The van der Waals surface area contributed by atoms with Crippen LogP contribution in [0.25, 0.3) is 0 Å². The molecule has 0 radical (unpaired) electrons. The van der Waals surface area contributed by atoms with E-state index in [9.17, 15) is 9.90 Å². The molecule has 0 aliphatic carbocycles. The number of anilines is 1. The van der Waals surface area contributed by atoms with E-state index in [1.807, 2.05) is 50.2 Å². The second kappa shape index (κ2) is 12.1. The lowest BCUT2D eigenvalue weighted by Crippen LogP contribution is -2.37. The summed E-state index contributed by atoms with van der Waals surface area (Å²) in [4.78, 5) is 12.3. The average molecular weight is 432 g/mol. The fourth-order valence-electron chi connectivity index (χ4n) is 3.40. The number of para-hydroxylation sites is 1. The first kappa shape index (κ1) is 24.4. The van der Waals surface area contributed by atoms with Gasteiger partial charge in [-0.3, -0.25) is 4.79 Å². The Morgan fingerprint density at radius 3 is 2.33 bits per heavy atom. The third-order valence-corrected chi connectivity index (χ3v) is 5.61. The summed E-state index contributed by atoms with van der Waals surface area (Å²) in [6.45, 7) is 9.18. The second-order valence-electron chi connectivity index (χ2n) is 8.01. The van der Waals surface area contributed by atoms with Crippen molar-refractivity contribution in [3.8, 4) is 0 Å². The minimum atomic E-state index is -0.592. The zero-order chi connectivity index (χ0) is 22.1. The fraction of sp³-hybridized carbons (Fsp3) is 0.458. The van der Waals surface area contributed by atoms with Gasteiger partial charge in [-0.25, -0.2) is 0 Å². The Kier molecular flexibility index (Phi) is 9.79. The van der Waals surface area contributed by atoms with Crippen molar-refractivity contribution in [3.63, 3.8) is 0 Å². The molecule has 0 aromatic heterocycles. The summed E-state index contributed by atoms with van der Waals surface area (Å²) in [5.41, 5.74) is 3.78. The molecule has 0 saturated carbocycles. The van der Waals surface area contributed by atoms with Crippen LogP contribution in [-0.2, 0) is 4.79 Å². The Bertz CT molecular complexity index is 808. The predicted octanol–water partition coefficient (Wildman–Crippen LogP) is 4.37. The van der Waals surface area contributed by atoms with Crippen molar-refractivity contribution < 1.29 is 9.90 Å². The van der Waals surface area contributed by atoms with Gasteiger partial charge >= 0.3 is 0 Å². The molecule has 2 aromatic rings. The van der Waals surface area contributed by atoms with Crippen LogP contribution in [0.2, 0.25) is 5.02 Å². The molecule has 30 heavy (non-hydrogen) atoms. The summed E-state index contributed by atoms with van der Waals surface area (Å²) >= 11 is 6.16. The van der Waals surface area contributed by atoms with Gasteiger partial charge in [-0.2, -0.15) is 0 Å². The highest BCUT2D eigenvalue weighted by atomic mass is 35.5. The molecule has 0 fully saturated rings. The molecule has 4 N–H and O–H groups in total. The Labute approximate surface area is 185 Å². The maximum atomic E-state index is 12.3. The molecular formula is C24H34ClN3O2. The fourth-order valence-corrected chi connectivity index (χ4v) is 3.66. The molecule has 0 heterocycles. The minimum Gasteiger partial charge on any atom is -0.388 e. The molecule has 3 unspecified atom stereocenters. The van der Waals surface area contributed by atoms with Gasteiger partial charge in [-0.1, -0.05) is 48.0 Å². The van der Waals surface area contributed by atoms with Crippen molar-refractivity contribution in [1.82, 2.24) is 10.6 Å². The van der Waals surface area contributed by atoms with Crippen LogP contribution >= 0.6 is 11.6 Å². The quantitative estimate of drug-likeness (QED) is 0.426. The van der Waals surface area contributed by atoms with E-state index in [0.717, 1.165) is 35.3 Å². The summed E-state index contributed by atoms with van der Waals surface area (Å²) in [6, 6.07) is 13.7. The van der Waals surface area contributed by atoms with Gasteiger partial charge in [0.25, 0.3) is 0 Å². The largest absolute Gasteiger partial charge is 0.388 e. The van der Waals surface area contributed by atoms with Crippen LogP contribution in [0, 0.1) is 13.8 Å². The Morgan fingerprint density at radius 2 is 1.67 bits per heavy atom.